The molecule has 1 aromatic carbocycles. The minimum Gasteiger partial charge on any atom is -0.356 e. The van der Waals surface area contributed by atoms with E-state index in [4.69, 9.17) is 23.2 Å². The molecule has 0 radical (unpaired) electrons. The molecule has 0 aliphatic carbocycles. The molecule has 1 aromatic rings. The van der Waals surface area contributed by atoms with E-state index in [1.807, 2.05) is 17.0 Å². The third-order valence-corrected chi connectivity index (χ3v) is 5.88. The average molecular weight is 413 g/mol. The Morgan fingerprint density at radius 1 is 1.11 bits per heavy atom. The Balaban J connectivity index is 1.65. The highest BCUT2D eigenvalue weighted by Crippen LogP contribution is 2.24. The quantitative estimate of drug-likeness (QED) is 0.588. The van der Waals surface area contributed by atoms with Crippen molar-refractivity contribution >= 4 is 35.0 Å². The van der Waals surface area contributed by atoms with Crippen molar-refractivity contribution in [2.75, 3.05) is 19.6 Å². The number of carbonyl (C=O) groups is 2. The molecule has 150 valence electrons. The van der Waals surface area contributed by atoms with E-state index < -0.39 is 0 Å². The lowest BCUT2D eigenvalue weighted by Crippen LogP contribution is -2.43. The highest BCUT2D eigenvalue weighted by molar-refractivity contribution is 6.42. The van der Waals surface area contributed by atoms with Gasteiger partial charge in [-0.3, -0.25) is 9.59 Å². The monoisotopic (exact) mass is 412 g/mol. The number of aryl methyl sites for hydroxylation is 1. The summed E-state index contributed by atoms with van der Waals surface area (Å²) in [6.07, 6.45) is 6.98. The molecule has 27 heavy (non-hydrogen) atoms. The number of piperidine rings is 1. The zero-order chi connectivity index (χ0) is 19.6. The van der Waals surface area contributed by atoms with Gasteiger partial charge in [0.2, 0.25) is 11.8 Å². The number of hydrogen-bond acceptors (Lipinski definition) is 2. The molecular formula is C21H30Cl2N2O2. The fourth-order valence-corrected chi connectivity index (χ4v) is 3.74. The highest BCUT2D eigenvalue weighted by Gasteiger charge is 2.26. The standard InChI is InChI=1S/C21H30Cl2N2O2/c1-2-3-4-12-24-21(27)17-10-13-25(14-11-17)20(26)7-5-6-16-8-9-18(22)19(23)15-16/h8-9,15,17H,2-7,10-14H2,1H3,(H,24,27). The molecule has 0 atom stereocenters. The van der Waals surface area contributed by atoms with Crippen LogP contribution < -0.4 is 5.32 Å². The van der Waals surface area contributed by atoms with Crippen LogP contribution in [0.4, 0.5) is 0 Å². The maximum absolute atomic E-state index is 12.4. The number of likely N-dealkylation sites (tertiary alicyclic amines) is 1. The summed E-state index contributed by atoms with van der Waals surface area (Å²) in [4.78, 5) is 26.5. The van der Waals surface area contributed by atoms with Gasteiger partial charge in [-0.05, 0) is 49.8 Å². The molecule has 4 nitrogen and oxygen atoms in total. The van der Waals surface area contributed by atoms with Crippen molar-refractivity contribution in [3.05, 3.63) is 33.8 Å². The van der Waals surface area contributed by atoms with Crippen LogP contribution >= 0.6 is 23.2 Å². The maximum Gasteiger partial charge on any atom is 0.223 e. The van der Waals surface area contributed by atoms with E-state index in [2.05, 4.69) is 12.2 Å². The first-order valence-electron chi connectivity index (χ1n) is 10.0. The van der Waals surface area contributed by atoms with Crippen LogP contribution in [0.25, 0.3) is 0 Å². The fourth-order valence-electron chi connectivity index (χ4n) is 3.42. The lowest BCUT2D eigenvalue weighted by molar-refractivity contribution is -0.135. The molecule has 1 aliphatic rings. The molecular weight excluding hydrogens is 383 g/mol. The number of carbonyl (C=O) groups excluding carboxylic acids is 2. The molecule has 0 bridgehead atoms. The number of halogens is 2. The van der Waals surface area contributed by atoms with Crippen LogP contribution in [0.1, 0.15) is 57.4 Å². The molecule has 1 saturated heterocycles. The summed E-state index contributed by atoms with van der Waals surface area (Å²) in [7, 11) is 0. The van der Waals surface area contributed by atoms with Gasteiger partial charge in [0.1, 0.15) is 0 Å². The van der Waals surface area contributed by atoms with E-state index >= 15 is 0 Å². The van der Waals surface area contributed by atoms with Crippen molar-refractivity contribution in [1.29, 1.82) is 0 Å². The highest BCUT2D eigenvalue weighted by atomic mass is 35.5. The second-order valence-electron chi connectivity index (χ2n) is 7.26. The van der Waals surface area contributed by atoms with Crippen molar-refractivity contribution in [2.45, 2.75) is 58.3 Å². The lowest BCUT2D eigenvalue weighted by Gasteiger charge is -2.31. The molecule has 0 spiro atoms. The second-order valence-corrected chi connectivity index (χ2v) is 8.07. The van der Waals surface area contributed by atoms with Crippen LogP contribution in [0.3, 0.4) is 0 Å². The number of benzene rings is 1. The Labute approximate surface area is 172 Å². The average Bonchev–Trinajstić information content (AvgIpc) is 2.68. The topological polar surface area (TPSA) is 49.4 Å². The Kier molecular flexibility index (Phi) is 9.43. The minimum atomic E-state index is 0.0480. The van der Waals surface area contributed by atoms with Crippen molar-refractivity contribution in [2.24, 2.45) is 5.92 Å². The summed E-state index contributed by atoms with van der Waals surface area (Å²) in [5.74, 6) is 0.376. The molecule has 6 heteroatoms. The normalized spacial score (nSPS) is 15.0. The summed E-state index contributed by atoms with van der Waals surface area (Å²) < 4.78 is 0. The van der Waals surface area contributed by atoms with Gasteiger partial charge in [-0.25, -0.2) is 0 Å². The van der Waals surface area contributed by atoms with Gasteiger partial charge in [-0.1, -0.05) is 49.0 Å². The summed E-state index contributed by atoms with van der Waals surface area (Å²) in [5.41, 5.74) is 1.09. The van der Waals surface area contributed by atoms with Gasteiger partial charge >= 0.3 is 0 Å². The largest absolute Gasteiger partial charge is 0.356 e. The summed E-state index contributed by atoms with van der Waals surface area (Å²) in [5, 5.41) is 4.13. The van der Waals surface area contributed by atoms with E-state index in [9.17, 15) is 9.59 Å². The summed E-state index contributed by atoms with van der Waals surface area (Å²) in [6, 6.07) is 5.60. The zero-order valence-electron chi connectivity index (χ0n) is 16.1. The number of nitrogens with one attached hydrogen (secondary N) is 1. The van der Waals surface area contributed by atoms with Crippen LogP contribution in [0.15, 0.2) is 18.2 Å². The van der Waals surface area contributed by atoms with Crippen LogP contribution in [-0.4, -0.2) is 36.3 Å². The van der Waals surface area contributed by atoms with Gasteiger partial charge in [0.05, 0.1) is 10.0 Å². The van der Waals surface area contributed by atoms with Gasteiger partial charge in [-0.15, -0.1) is 0 Å². The van der Waals surface area contributed by atoms with Crippen LogP contribution in [0, 0.1) is 5.92 Å². The van der Waals surface area contributed by atoms with Gasteiger partial charge < -0.3 is 10.2 Å². The van der Waals surface area contributed by atoms with E-state index in [-0.39, 0.29) is 17.7 Å². The van der Waals surface area contributed by atoms with Crippen LogP contribution in [0.5, 0.6) is 0 Å². The number of hydrogen-bond donors (Lipinski definition) is 1. The zero-order valence-corrected chi connectivity index (χ0v) is 17.6. The SMILES string of the molecule is CCCCCNC(=O)C1CCN(C(=O)CCCc2ccc(Cl)c(Cl)c2)CC1. The predicted molar refractivity (Wildman–Crippen MR) is 111 cm³/mol. The van der Waals surface area contributed by atoms with E-state index in [0.717, 1.165) is 57.1 Å². The van der Waals surface area contributed by atoms with E-state index in [1.165, 1.54) is 0 Å². The smallest absolute Gasteiger partial charge is 0.223 e. The Bertz CT molecular complexity index is 629. The summed E-state index contributed by atoms with van der Waals surface area (Å²) in [6.45, 7) is 4.27. The molecule has 2 amide bonds. The number of nitrogens with zero attached hydrogens (tertiary/aromatic N) is 1. The molecule has 2 rings (SSSR count). The van der Waals surface area contributed by atoms with Crippen LogP contribution in [0.2, 0.25) is 10.0 Å². The summed E-state index contributed by atoms with van der Waals surface area (Å²) >= 11 is 11.9. The van der Waals surface area contributed by atoms with E-state index in [0.29, 0.717) is 29.6 Å². The maximum atomic E-state index is 12.4. The van der Waals surface area contributed by atoms with Crippen LogP contribution in [-0.2, 0) is 16.0 Å². The first kappa shape index (κ1) is 22.0. The third-order valence-electron chi connectivity index (χ3n) is 5.14. The molecule has 0 aromatic heterocycles. The predicted octanol–water partition coefficient (Wildman–Crippen LogP) is 4.86. The molecule has 1 aliphatic heterocycles. The van der Waals surface area contributed by atoms with Crippen molar-refractivity contribution in [3.63, 3.8) is 0 Å². The first-order valence-corrected chi connectivity index (χ1v) is 10.8. The number of unbranched alkanes of at least 4 members (excludes halogenated alkanes) is 2. The molecule has 1 N–H and O–H groups in total. The Morgan fingerprint density at radius 3 is 2.52 bits per heavy atom. The molecule has 1 heterocycles. The van der Waals surface area contributed by atoms with Crippen molar-refractivity contribution < 1.29 is 9.59 Å². The molecule has 0 unspecified atom stereocenters. The number of rotatable bonds is 9. The van der Waals surface area contributed by atoms with Crippen molar-refractivity contribution in [1.82, 2.24) is 10.2 Å². The third kappa shape index (κ3) is 7.34. The van der Waals surface area contributed by atoms with E-state index in [1.54, 1.807) is 6.07 Å². The second kappa shape index (κ2) is 11.6. The molecule has 0 saturated carbocycles. The van der Waals surface area contributed by atoms with Crippen molar-refractivity contribution in [3.8, 4) is 0 Å². The first-order chi connectivity index (χ1) is 13.0. The minimum absolute atomic E-state index is 0.0480. The lowest BCUT2D eigenvalue weighted by atomic mass is 9.95. The Hall–Kier alpha value is -1.26. The fraction of sp³-hybridized carbons (Fsp3) is 0.619. The molecule has 1 fully saturated rings. The van der Waals surface area contributed by atoms with Gasteiger partial charge in [0.15, 0.2) is 0 Å². The van der Waals surface area contributed by atoms with Gasteiger partial charge in [-0.2, -0.15) is 0 Å². The number of amides is 2. The van der Waals surface area contributed by atoms with Gasteiger partial charge in [0.25, 0.3) is 0 Å². The van der Waals surface area contributed by atoms with Gasteiger partial charge in [0, 0.05) is 32.0 Å². The Morgan fingerprint density at radius 2 is 1.85 bits per heavy atom.